The predicted octanol–water partition coefficient (Wildman–Crippen LogP) is 3.66. The fourth-order valence-corrected chi connectivity index (χ4v) is 3.85. The highest BCUT2D eigenvalue weighted by Crippen LogP contribution is 2.50. The molecule has 140 valence electrons. The van der Waals surface area contributed by atoms with Crippen molar-refractivity contribution in [3.05, 3.63) is 42.5 Å². The number of alkyl halides is 1. The molecule has 3 rings (SSSR count). The zero-order chi connectivity index (χ0) is 19.2. The van der Waals surface area contributed by atoms with Crippen LogP contribution in [-0.2, 0) is 9.53 Å². The minimum atomic E-state index is -2.14. The van der Waals surface area contributed by atoms with Gasteiger partial charge in [0.1, 0.15) is 11.1 Å². The van der Waals surface area contributed by atoms with Crippen molar-refractivity contribution in [2.45, 2.75) is 56.8 Å². The molecule has 6 heteroatoms. The van der Waals surface area contributed by atoms with E-state index in [4.69, 9.17) is 4.74 Å². The van der Waals surface area contributed by atoms with Crippen molar-refractivity contribution in [2.75, 3.05) is 6.54 Å². The van der Waals surface area contributed by atoms with Crippen LogP contribution in [0.3, 0.4) is 0 Å². The number of carbonyl (C=O) groups is 2. The first-order valence-corrected chi connectivity index (χ1v) is 8.84. The van der Waals surface area contributed by atoms with Crippen molar-refractivity contribution in [3.63, 3.8) is 0 Å². The third kappa shape index (κ3) is 2.97. The second kappa shape index (κ2) is 6.11. The Bertz CT molecular complexity index is 743. The van der Waals surface area contributed by atoms with Gasteiger partial charge in [-0.15, -0.1) is 0 Å². The molecule has 1 aliphatic heterocycles. The van der Waals surface area contributed by atoms with Gasteiger partial charge in [-0.3, -0.25) is 4.79 Å². The molecule has 26 heavy (non-hydrogen) atoms. The van der Waals surface area contributed by atoms with E-state index in [9.17, 15) is 9.59 Å². The van der Waals surface area contributed by atoms with Gasteiger partial charge in [-0.2, -0.15) is 0 Å². The minimum Gasteiger partial charge on any atom is -0.444 e. The third-order valence-electron chi connectivity index (χ3n) is 5.07. The fraction of sp³-hybridized carbons (Fsp3) is 0.500. The van der Waals surface area contributed by atoms with Crippen LogP contribution in [-0.4, -0.2) is 40.3 Å². The molecule has 5 nitrogen and oxygen atoms in total. The van der Waals surface area contributed by atoms with Crippen LogP contribution in [0.15, 0.2) is 36.9 Å². The van der Waals surface area contributed by atoms with Crippen molar-refractivity contribution >= 4 is 17.7 Å². The second-order valence-corrected chi connectivity index (χ2v) is 8.07. The number of alkyl carbamates (subject to hydrolysis) is 1. The van der Waals surface area contributed by atoms with Gasteiger partial charge in [0.05, 0.1) is 6.54 Å². The fourth-order valence-electron chi connectivity index (χ4n) is 3.85. The average molecular weight is 360 g/mol. The number of hydrogen-bond acceptors (Lipinski definition) is 3. The maximum Gasteiger partial charge on any atom is 0.408 e. The van der Waals surface area contributed by atoms with E-state index >= 15 is 4.39 Å². The Morgan fingerprint density at radius 2 is 1.92 bits per heavy atom. The average Bonchev–Trinajstić information content (AvgIpc) is 2.97. The number of benzene rings is 1. The first-order chi connectivity index (χ1) is 12.1. The Morgan fingerprint density at radius 1 is 1.27 bits per heavy atom. The first-order valence-electron chi connectivity index (χ1n) is 8.84. The number of rotatable bonds is 3. The van der Waals surface area contributed by atoms with Gasteiger partial charge in [0.15, 0.2) is 0 Å². The van der Waals surface area contributed by atoms with Crippen molar-refractivity contribution in [1.29, 1.82) is 0 Å². The van der Waals surface area contributed by atoms with E-state index in [1.54, 1.807) is 20.8 Å². The molecule has 1 aromatic carbocycles. The number of fused-ring (bicyclic) bond motifs is 1. The number of hydrogen-bond donors (Lipinski definition) is 1. The van der Waals surface area contributed by atoms with E-state index in [2.05, 4.69) is 11.9 Å². The summed E-state index contributed by atoms with van der Waals surface area (Å²) in [6, 6.07) is 9.17. The summed E-state index contributed by atoms with van der Waals surface area (Å²) >= 11 is 0. The number of amides is 2. The van der Waals surface area contributed by atoms with Gasteiger partial charge >= 0.3 is 6.09 Å². The second-order valence-electron chi connectivity index (χ2n) is 8.07. The molecule has 0 aromatic heterocycles. The Hall–Kier alpha value is -2.37. The Morgan fingerprint density at radius 3 is 2.54 bits per heavy atom. The highest BCUT2D eigenvalue weighted by atomic mass is 19.1. The van der Waals surface area contributed by atoms with Crippen LogP contribution >= 0.6 is 0 Å². The van der Waals surface area contributed by atoms with Gasteiger partial charge in [0.25, 0.3) is 5.91 Å². The number of nitrogens with zero attached hydrogens (tertiary/aromatic N) is 1. The first kappa shape index (κ1) is 18.4. The van der Waals surface area contributed by atoms with Gasteiger partial charge in [-0.25, -0.2) is 9.18 Å². The number of nitrogens with one attached hydrogen (secondary N) is 1. The zero-order valence-corrected chi connectivity index (χ0v) is 15.5. The summed E-state index contributed by atoms with van der Waals surface area (Å²) in [4.78, 5) is 26.5. The molecule has 0 bridgehead atoms. The highest BCUT2D eigenvalue weighted by molar-refractivity contribution is 5.97. The largest absolute Gasteiger partial charge is 0.444 e. The number of halogens is 1. The maximum absolute atomic E-state index is 15.8. The molecule has 0 unspecified atom stereocenters. The van der Waals surface area contributed by atoms with Crippen LogP contribution < -0.4 is 5.32 Å². The molecule has 1 saturated carbocycles. The summed E-state index contributed by atoms with van der Waals surface area (Å²) < 4.78 is 21.1. The third-order valence-corrected chi connectivity index (χ3v) is 5.07. The predicted molar refractivity (Wildman–Crippen MR) is 97.0 cm³/mol. The van der Waals surface area contributed by atoms with Crippen LogP contribution in [0.25, 0.3) is 5.70 Å². The van der Waals surface area contributed by atoms with Crippen molar-refractivity contribution in [1.82, 2.24) is 10.2 Å². The molecule has 0 radical (unpaired) electrons. The standard InChI is InChI=1S/C20H25FN2O3/c1-14(15-9-6-5-7-10-15)23-13-19(22-17(25)26-18(2,3)4)11-8-12-20(19,21)16(23)24/h5-7,9-10H,1,8,11-13H2,2-4H3,(H,22,25)/t19-,20+/m1/s1. The number of likely N-dealkylation sites (tertiary alicyclic amines) is 1. The van der Waals surface area contributed by atoms with E-state index in [-0.39, 0.29) is 13.0 Å². The van der Waals surface area contributed by atoms with Crippen LogP contribution in [0.1, 0.15) is 45.6 Å². The van der Waals surface area contributed by atoms with Gasteiger partial charge in [0, 0.05) is 5.70 Å². The lowest BCUT2D eigenvalue weighted by molar-refractivity contribution is -0.136. The molecule has 1 aliphatic carbocycles. The van der Waals surface area contributed by atoms with Gasteiger partial charge in [-0.05, 0) is 45.6 Å². The number of ether oxygens (including phenoxy) is 1. The molecule has 2 atom stereocenters. The van der Waals surface area contributed by atoms with Gasteiger partial charge in [0.2, 0.25) is 5.67 Å². The van der Waals surface area contributed by atoms with Crippen LogP contribution in [0, 0.1) is 0 Å². The molecule has 0 spiro atoms. The summed E-state index contributed by atoms with van der Waals surface area (Å²) in [5.74, 6) is -0.639. The topological polar surface area (TPSA) is 58.6 Å². The molecule has 1 saturated heterocycles. The molecule has 1 aromatic rings. The van der Waals surface area contributed by atoms with Crippen LogP contribution in [0.2, 0.25) is 0 Å². The summed E-state index contributed by atoms with van der Waals surface area (Å²) in [7, 11) is 0. The van der Waals surface area contributed by atoms with Crippen molar-refractivity contribution in [3.8, 4) is 0 Å². The maximum atomic E-state index is 15.8. The quantitative estimate of drug-likeness (QED) is 0.895. The normalized spacial score (nSPS) is 28.0. The lowest BCUT2D eigenvalue weighted by Crippen LogP contribution is -2.60. The lowest BCUT2D eigenvalue weighted by Gasteiger charge is -2.33. The monoisotopic (exact) mass is 360 g/mol. The van der Waals surface area contributed by atoms with Gasteiger partial charge < -0.3 is 15.0 Å². The van der Waals surface area contributed by atoms with Crippen molar-refractivity contribution < 1.29 is 18.7 Å². The Labute approximate surface area is 153 Å². The summed E-state index contributed by atoms with van der Waals surface area (Å²) in [6.07, 6.45) is 0.290. The highest BCUT2D eigenvalue weighted by Gasteiger charge is 2.68. The van der Waals surface area contributed by atoms with Crippen LogP contribution in [0.4, 0.5) is 9.18 Å². The van der Waals surface area contributed by atoms with E-state index in [1.807, 2.05) is 30.3 Å². The summed E-state index contributed by atoms with van der Waals surface area (Å²) in [6.45, 7) is 9.25. The summed E-state index contributed by atoms with van der Waals surface area (Å²) in [5, 5.41) is 2.68. The smallest absolute Gasteiger partial charge is 0.408 e. The van der Waals surface area contributed by atoms with E-state index < -0.39 is 28.8 Å². The zero-order valence-electron chi connectivity index (χ0n) is 15.5. The molecular formula is C20H25FN2O3. The Balaban J connectivity index is 1.87. The molecule has 1 heterocycles. The van der Waals surface area contributed by atoms with Crippen LogP contribution in [0.5, 0.6) is 0 Å². The van der Waals surface area contributed by atoms with Gasteiger partial charge in [-0.1, -0.05) is 36.9 Å². The molecule has 1 N–H and O–H groups in total. The van der Waals surface area contributed by atoms with E-state index in [0.717, 1.165) is 5.56 Å². The van der Waals surface area contributed by atoms with Crippen molar-refractivity contribution in [2.24, 2.45) is 0 Å². The molecular weight excluding hydrogens is 335 g/mol. The minimum absolute atomic E-state index is 0.0509. The van der Waals surface area contributed by atoms with E-state index in [1.165, 1.54) is 4.90 Å². The molecule has 2 amide bonds. The number of carbonyl (C=O) groups excluding carboxylic acids is 2. The molecule has 2 fully saturated rings. The SMILES string of the molecule is C=C(c1ccccc1)N1C[C@]2(NC(=O)OC(C)(C)C)CCC[C@]2(F)C1=O. The summed E-state index contributed by atoms with van der Waals surface area (Å²) in [5.41, 5.74) is -2.94. The lowest BCUT2D eigenvalue weighted by atomic mass is 9.87. The Kier molecular flexibility index (Phi) is 4.33. The molecule has 2 aliphatic rings. The van der Waals surface area contributed by atoms with E-state index in [0.29, 0.717) is 18.5 Å².